The van der Waals surface area contributed by atoms with Gasteiger partial charge in [0.15, 0.2) is 0 Å². The number of hydrogen-bond acceptors (Lipinski definition) is 2. The lowest BCUT2D eigenvalue weighted by Gasteiger charge is -2.07. The van der Waals surface area contributed by atoms with Crippen molar-refractivity contribution in [3.63, 3.8) is 0 Å². The van der Waals surface area contributed by atoms with Crippen LogP contribution in [0.3, 0.4) is 0 Å². The Morgan fingerprint density at radius 2 is 2.06 bits per heavy atom. The van der Waals surface area contributed by atoms with E-state index in [0.717, 1.165) is 22.6 Å². The Hall–Kier alpha value is -1.54. The third-order valence-electron chi connectivity index (χ3n) is 2.39. The van der Waals surface area contributed by atoms with Crippen LogP contribution < -0.4 is 4.74 Å². The first kappa shape index (κ1) is 11.0. The Kier molecular flexibility index (Phi) is 3.11. The Balaban J connectivity index is 2.48. The fourth-order valence-electron chi connectivity index (χ4n) is 1.53. The summed E-state index contributed by atoms with van der Waals surface area (Å²) in [5.74, 6) is 0.838. The van der Waals surface area contributed by atoms with E-state index >= 15 is 0 Å². The fraction of sp³-hybridized carbons (Fsp3) is 0.154. The summed E-state index contributed by atoms with van der Waals surface area (Å²) in [6.45, 7) is 1.97. The van der Waals surface area contributed by atoms with Gasteiger partial charge in [0.2, 0.25) is 0 Å². The summed E-state index contributed by atoms with van der Waals surface area (Å²) in [7, 11) is 1.66. The average molecular weight is 234 g/mol. The number of benzene rings is 1. The number of pyridine rings is 1. The molecule has 1 aromatic carbocycles. The first-order valence-electron chi connectivity index (χ1n) is 4.97. The molecule has 0 bridgehead atoms. The van der Waals surface area contributed by atoms with E-state index in [2.05, 4.69) is 4.98 Å². The molecule has 16 heavy (non-hydrogen) atoms. The van der Waals surface area contributed by atoms with Crippen molar-refractivity contribution in [2.24, 2.45) is 0 Å². The van der Waals surface area contributed by atoms with E-state index in [1.165, 1.54) is 0 Å². The van der Waals surface area contributed by atoms with Crippen LogP contribution in [0.25, 0.3) is 11.3 Å². The summed E-state index contributed by atoms with van der Waals surface area (Å²) in [6.07, 6.45) is 1.80. The molecule has 0 saturated heterocycles. The summed E-state index contributed by atoms with van der Waals surface area (Å²) in [5, 5.41) is 0.707. The van der Waals surface area contributed by atoms with Crippen LogP contribution in [0, 0.1) is 6.92 Å². The SMILES string of the molecule is COc1cc(-c2cccc(Cl)c2)ncc1C. The molecule has 0 unspecified atom stereocenters. The number of methoxy groups -OCH3 is 1. The molecule has 82 valence electrons. The Labute approximate surface area is 99.9 Å². The molecule has 2 aromatic rings. The van der Waals surface area contributed by atoms with Crippen LogP contribution in [-0.2, 0) is 0 Å². The summed E-state index contributed by atoms with van der Waals surface area (Å²) in [4.78, 5) is 4.36. The largest absolute Gasteiger partial charge is 0.496 e. The number of halogens is 1. The molecule has 0 aliphatic carbocycles. The second-order valence-corrected chi connectivity index (χ2v) is 3.99. The van der Waals surface area contributed by atoms with Crippen molar-refractivity contribution >= 4 is 11.6 Å². The molecule has 1 aromatic heterocycles. The molecule has 0 aliphatic rings. The van der Waals surface area contributed by atoms with E-state index in [-0.39, 0.29) is 0 Å². The molecule has 0 N–H and O–H groups in total. The van der Waals surface area contributed by atoms with Gasteiger partial charge in [-0.3, -0.25) is 4.98 Å². The Morgan fingerprint density at radius 1 is 1.25 bits per heavy atom. The lowest BCUT2D eigenvalue weighted by molar-refractivity contribution is 0.411. The van der Waals surface area contributed by atoms with Crippen molar-refractivity contribution in [1.29, 1.82) is 0 Å². The van der Waals surface area contributed by atoms with Crippen LogP contribution >= 0.6 is 11.6 Å². The Bertz CT molecular complexity index is 511. The second kappa shape index (κ2) is 4.54. The number of hydrogen-bond donors (Lipinski definition) is 0. The van der Waals surface area contributed by atoms with Crippen LogP contribution in [-0.4, -0.2) is 12.1 Å². The molecule has 0 saturated carbocycles. The molecule has 2 nitrogen and oxygen atoms in total. The highest BCUT2D eigenvalue weighted by Crippen LogP contribution is 2.25. The van der Waals surface area contributed by atoms with Gasteiger partial charge in [-0.05, 0) is 19.1 Å². The molecule has 0 atom stereocenters. The maximum absolute atomic E-state index is 5.94. The number of rotatable bonds is 2. The van der Waals surface area contributed by atoms with Crippen molar-refractivity contribution in [3.8, 4) is 17.0 Å². The van der Waals surface area contributed by atoms with Gasteiger partial charge < -0.3 is 4.74 Å². The van der Waals surface area contributed by atoms with Crippen LogP contribution in [0.15, 0.2) is 36.5 Å². The monoisotopic (exact) mass is 233 g/mol. The number of ether oxygens (including phenoxy) is 1. The van der Waals surface area contributed by atoms with Gasteiger partial charge in [0.1, 0.15) is 5.75 Å². The summed E-state index contributed by atoms with van der Waals surface area (Å²) in [5.41, 5.74) is 2.88. The van der Waals surface area contributed by atoms with Gasteiger partial charge in [0.25, 0.3) is 0 Å². The third kappa shape index (κ3) is 2.17. The highest BCUT2D eigenvalue weighted by molar-refractivity contribution is 6.30. The van der Waals surface area contributed by atoms with Crippen LogP contribution in [0.5, 0.6) is 5.75 Å². The predicted molar refractivity (Wildman–Crippen MR) is 66.0 cm³/mol. The smallest absolute Gasteiger partial charge is 0.125 e. The van der Waals surface area contributed by atoms with E-state index < -0.39 is 0 Å². The molecule has 0 fully saturated rings. The zero-order valence-corrected chi connectivity index (χ0v) is 9.95. The van der Waals surface area contributed by atoms with Gasteiger partial charge in [-0.1, -0.05) is 23.7 Å². The van der Waals surface area contributed by atoms with Crippen molar-refractivity contribution < 1.29 is 4.74 Å². The number of aromatic nitrogens is 1. The fourth-order valence-corrected chi connectivity index (χ4v) is 1.72. The maximum atomic E-state index is 5.94. The lowest BCUT2D eigenvalue weighted by atomic mass is 10.1. The minimum Gasteiger partial charge on any atom is -0.496 e. The summed E-state index contributed by atoms with van der Waals surface area (Å²) >= 11 is 5.94. The average Bonchev–Trinajstić information content (AvgIpc) is 2.29. The first-order valence-corrected chi connectivity index (χ1v) is 5.35. The number of nitrogens with zero attached hydrogens (tertiary/aromatic N) is 1. The second-order valence-electron chi connectivity index (χ2n) is 3.55. The van der Waals surface area contributed by atoms with Gasteiger partial charge in [0, 0.05) is 28.4 Å². The van der Waals surface area contributed by atoms with Crippen molar-refractivity contribution in [3.05, 3.63) is 47.1 Å². The molecule has 2 rings (SSSR count). The molecular weight excluding hydrogens is 222 g/mol. The van der Waals surface area contributed by atoms with Crippen LogP contribution in [0.2, 0.25) is 5.02 Å². The standard InChI is InChI=1S/C13H12ClNO/c1-9-8-15-12(7-13(9)16-2)10-4-3-5-11(14)6-10/h3-8H,1-2H3. The van der Waals surface area contributed by atoms with Crippen LogP contribution in [0.1, 0.15) is 5.56 Å². The highest BCUT2D eigenvalue weighted by atomic mass is 35.5. The normalized spacial score (nSPS) is 10.2. The summed E-state index contributed by atoms with van der Waals surface area (Å²) < 4.78 is 5.26. The van der Waals surface area contributed by atoms with E-state index in [1.807, 2.05) is 37.3 Å². The van der Waals surface area contributed by atoms with E-state index in [9.17, 15) is 0 Å². The highest BCUT2D eigenvalue weighted by Gasteiger charge is 2.04. The van der Waals surface area contributed by atoms with E-state index in [4.69, 9.17) is 16.3 Å². The van der Waals surface area contributed by atoms with Gasteiger partial charge in [-0.25, -0.2) is 0 Å². The first-order chi connectivity index (χ1) is 7.70. The minimum absolute atomic E-state index is 0.707. The van der Waals surface area contributed by atoms with E-state index in [0.29, 0.717) is 5.02 Å². The molecule has 0 aliphatic heterocycles. The predicted octanol–water partition coefficient (Wildman–Crippen LogP) is 3.72. The molecule has 0 radical (unpaired) electrons. The van der Waals surface area contributed by atoms with Crippen molar-refractivity contribution in [1.82, 2.24) is 4.98 Å². The van der Waals surface area contributed by atoms with Gasteiger partial charge in [0.05, 0.1) is 12.8 Å². The van der Waals surface area contributed by atoms with Crippen molar-refractivity contribution in [2.75, 3.05) is 7.11 Å². The third-order valence-corrected chi connectivity index (χ3v) is 2.63. The van der Waals surface area contributed by atoms with Gasteiger partial charge in [-0.2, -0.15) is 0 Å². The summed E-state index contributed by atoms with van der Waals surface area (Å²) in [6, 6.07) is 9.53. The minimum atomic E-state index is 0.707. The van der Waals surface area contributed by atoms with E-state index in [1.54, 1.807) is 13.3 Å². The quantitative estimate of drug-likeness (QED) is 0.789. The van der Waals surface area contributed by atoms with Gasteiger partial charge in [-0.15, -0.1) is 0 Å². The number of aryl methyl sites for hydroxylation is 1. The van der Waals surface area contributed by atoms with Gasteiger partial charge >= 0.3 is 0 Å². The molecule has 0 spiro atoms. The maximum Gasteiger partial charge on any atom is 0.125 e. The van der Waals surface area contributed by atoms with Crippen LogP contribution in [0.4, 0.5) is 0 Å². The zero-order valence-electron chi connectivity index (χ0n) is 9.20. The Morgan fingerprint density at radius 3 is 2.75 bits per heavy atom. The topological polar surface area (TPSA) is 22.1 Å². The lowest BCUT2D eigenvalue weighted by Crippen LogP contribution is -1.91. The zero-order chi connectivity index (χ0) is 11.5. The van der Waals surface area contributed by atoms with Crippen molar-refractivity contribution in [2.45, 2.75) is 6.92 Å². The molecule has 0 amide bonds. The molecular formula is C13H12ClNO. The molecule has 3 heteroatoms. The molecule has 1 heterocycles.